The van der Waals surface area contributed by atoms with Crippen LogP contribution in [0.15, 0.2) is 48.5 Å². The van der Waals surface area contributed by atoms with E-state index in [2.05, 4.69) is 27.9 Å². The molecule has 4 heteroatoms. The number of nitrogens with two attached hydrogens (primary N) is 1. The largest absolute Gasteiger partial charge is 0.389 e. The van der Waals surface area contributed by atoms with Gasteiger partial charge in [-0.2, -0.15) is 0 Å². The molecular formula is C13H11IN2S. The van der Waals surface area contributed by atoms with Crippen molar-refractivity contribution in [2.24, 2.45) is 5.73 Å². The van der Waals surface area contributed by atoms with Gasteiger partial charge < -0.3 is 11.1 Å². The molecule has 17 heavy (non-hydrogen) atoms. The van der Waals surface area contributed by atoms with Crippen molar-refractivity contribution >= 4 is 51.2 Å². The minimum Gasteiger partial charge on any atom is -0.389 e. The second-order valence-electron chi connectivity index (χ2n) is 3.51. The van der Waals surface area contributed by atoms with Crippen LogP contribution in [0.2, 0.25) is 0 Å². The Labute approximate surface area is 119 Å². The van der Waals surface area contributed by atoms with E-state index in [1.807, 2.05) is 48.5 Å². The van der Waals surface area contributed by atoms with Crippen LogP contribution in [-0.2, 0) is 0 Å². The van der Waals surface area contributed by atoms with Crippen molar-refractivity contribution in [2.45, 2.75) is 0 Å². The van der Waals surface area contributed by atoms with Crippen LogP contribution < -0.4 is 11.1 Å². The number of halogens is 1. The molecule has 0 heterocycles. The first kappa shape index (κ1) is 12.3. The van der Waals surface area contributed by atoms with Gasteiger partial charge in [0.25, 0.3) is 0 Å². The lowest BCUT2D eigenvalue weighted by molar-refractivity contribution is 1.50. The first-order valence-electron chi connectivity index (χ1n) is 5.09. The fraction of sp³-hybridized carbons (Fsp3) is 0. The molecule has 3 N–H and O–H groups in total. The minimum atomic E-state index is 0.402. The molecule has 0 aliphatic rings. The van der Waals surface area contributed by atoms with E-state index in [0.29, 0.717) is 4.99 Å². The summed E-state index contributed by atoms with van der Waals surface area (Å²) in [4.78, 5) is 0.402. The quantitative estimate of drug-likeness (QED) is 0.653. The number of hydrogen-bond acceptors (Lipinski definition) is 2. The summed E-state index contributed by atoms with van der Waals surface area (Å²) in [6.45, 7) is 0. The van der Waals surface area contributed by atoms with Crippen LogP contribution in [0.4, 0.5) is 11.4 Å². The number of benzene rings is 2. The van der Waals surface area contributed by atoms with E-state index >= 15 is 0 Å². The van der Waals surface area contributed by atoms with Gasteiger partial charge in [0.2, 0.25) is 0 Å². The number of nitrogens with one attached hydrogen (secondary N) is 1. The van der Waals surface area contributed by atoms with Crippen molar-refractivity contribution in [3.8, 4) is 0 Å². The Bertz CT molecular complexity index is 555. The molecule has 2 aromatic rings. The predicted molar refractivity (Wildman–Crippen MR) is 84.8 cm³/mol. The van der Waals surface area contributed by atoms with Gasteiger partial charge in [-0.3, -0.25) is 0 Å². The molecule has 0 unspecified atom stereocenters. The van der Waals surface area contributed by atoms with Crippen LogP contribution in [0.25, 0.3) is 0 Å². The van der Waals surface area contributed by atoms with Gasteiger partial charge in [-0.15, -0.1) is 0 Å². The van der Waals surface area contributed by atoms with Crippen LogP contribution >= 0.6 is 34.8 Å². The van der Waals surface area contributed by atoms with Gasteiger partial charge in [0.15, 0.2) is 0 Å². The minimum absolute atomic E-state index is 0.402. The van der Waals surface area contributed by atoms with Crippen LogP contribution in [0, 0.1) is 3.57 Å². The van der Waals surface area contributed by atoms with Crippen LogP contribution in [0.5, 0.6) is 0 Å². The topological polar surface area (TPSA) is 38.0 Å². The number of hydrogen-bond donors (Lipinski definition) is 2. The Morgan fingerprint density at radius 1 is 1.00 bits per heavy atom. The summed E-state index contributed by atoms with van der Waals surface area (Å²) >= 11 is 7.32. The Balaban J connectivity index is 2.37. The molecule has 86 valence electrons. The van der Waals surface area contributed by atoms with E-state index in [4.69, 9.17) is 18.0 Å². The molecule has 0 aromatic heterocycles. The molecule has 0 aliphatic carbocycles. The van der Waals surface area contributed by atoms with E-state index < -0.39 is 0 Å². The lowest BCUT2D eigenvalue weighted by atomic mass is 10.1. The molecule has 2 aromatic carbocycles. The monoisotopic (exact) mass is 354 g/mol. The molecule has 0 amide bonds. The summed E-state index contributed by atoms with van der Waals surface area (Å²) in [6.07, 6.45) is 0. The number of thiocarbonyl (C=S) groups is 1. The van der Waals surface area contributed by atoms with Crippen molar-refractivity contribution in [2.75, 3.05) is 5.32 Å². The third kappa shape index (κ3) is 2.95. The SMILES string of the molecule is NC(=S)c1ccccc1Nc1ccccc1I. The summed E-state index contributed by atoms with van der Waals surface area (Å²) in [7, 11) is 0. The standard InChI is InChI=1S/C13H11IN2S/c14-10-6-2-4-8-12(10)16-11-7-3-1-5-9(11)13(15)17/h1-8,16H,(H2,15,17). The molecule has 0 atom stereocenters. The number of para-hydroxylation sites is 2. The molecule has 0 spiro atoms. The molecule has 0 radical (unpaired) electrons. The zero-order chi connectivity index (χ0) is 12.3. The molecule has 0 bridgehead atoms. The van der Waals surface area contributed by atoms with Crippen LogP contribution in [0.1, 0.15) is 5.56 Å². The highest BCUT2D eigenvalue weighted by Crippen LogP contribution is 2.24. The fourth-order valence-electron chi connectivity index (χ4n) is 1.51. The van der Waals surface area contributed by atoms with E-state index in [1.165, 1.54) is 0 Å². The van der Waals surface area contributed by atoms with E-state index in [1.54, 1.807) is 0 Å². The molecule has 0 aliphatic heterocycles. The molecule has 2 nitrogen and oxygen atoms in total. The summed E-state index contributed by atoms with van der Waals surface area (Å²) in [5, 5.41) is 3.35. The van der Waals surface area contributed by atoms with Gasteiger partial charge in [-0.25, -0.2) is 0 Å². The predicted octanol–water partition coefficient (Wildman–Crippen LogP) is 3.67. The maximum Gasteiger partial charge on any atom is 0.106 e. The van der Waals surface area contributed by atoms with Gasteiger partial charge in [-0.05, 0) is 46.9 Å². The molecule has 0 fully saturated rings. The third-order valence-electron chi connectivity index (χ3n) is 2.34. The van der Waals surface area contributed by atoms with Crippen molar-refractivity contribution in [3.63, 3.8) is 0 Å². The lowest BCUT2D eigenvalue weighted by Crippen LogP contribution is -2.11. The second-order valence-corrected chi connectivity index (χ2v) is 5.12. The van der Waals surface area contributed by atoms with Crippen molar-refractivity contribution in [1.29, 1.82) is 0 Å². The Morgan fingerprint density at radius 3 is 2.24 bits per heavy atom. The summed E-state index contributed by atoms with van der Waals surface area (Å²) in [6, 6.07) is 15.8. The Kier molecular flexibility index (Phi) is 3.96. The van der Waals surface area contributed by atoms with Crippen LogP contribution in [0.3, 0.4) is 0 Å². The van der Waals surface area contributed by atoms with Gasteiger partial charge in [0.1, 0.15) is 4.99 Å². The maximum absolute atomic E-state index is 5.70. The molecule has 2 rings (SSSR count). The average Bonchev–Trinajstić information content (AvgIpc) is 2.32. The highest BCUT2D eigenvalue weighted by molar-refractivity contribution is 14.1. The molecule has 0 saturated carbocycles. The third-order valence-corrected chi connectivity index (χ3v) is 3.50. The summed E-state index contributed by atoms with van der Waals surface area (Å²) in [5.41, 5.74) is 8.55. The fourth-order valence-corrected chi connectivity index (χ4v) is 2.21. The lowest BCUT2D eigenvalue weighted by Gasteiger charge is -2.12. The highest BCUT2D eigenvalue weighted by atomic mass is 127. The van der Waals surface area contributed by atoms with Crippen molar-refractivity contribution in [3.05, 3.63) is 57.7 Å². The highest BCUT2D eigenvalue weighted by Gasteiger charge is 2.05. The summed E-state index contributed by atoms with van der Waals surface area (Å²) < 4.78 is 1.16. The average molecular weight is 354 g/mol. The van der Waals surface area contributed by atoms with E-state index in [-0.39, 0.29) is 0 Å². The smallest absolute Gasteiger partial charge is 0.106 e. The van der Waals surface area contributed by atoms with Crippen molar-refractivity contribution in [1.82, 2.24) is 0 Å². The van der Waals surface area contributed by atoms with E-state index in [9.17, 15) is 0 Å². The maximum atomic E-state index is 5.70. The van der Waals surface area contributed by atoms with Gasteiger partial charge in [-0.1, -0.05) is 36.5 Å². The molecule has 0 saturated heterocycles. The van der Waals surface area contributed by atoms with Crippen molar-refractivity contribution < 1.29 is 0 Å². The Hall–Kier alpha value is -1.14. The summed E-state index contributed by atoms with van der Waals surface area (Å²) in [5.74, 6) is 0. The number of anilines is 2. The number of rotatable bonds is 3. The van der Waals surface area contributed by atoms with E-state index in [0.717, 1.165) is 20.5 Å². The second kappa shape index (κ2) is 5.46. The van der Waals surface area contributed by atoms with Gasteiger partial charge >= 0.3 is 0 Å². The first-order valence-corrected chi connectivity index (χ1v) is 6.57. The van der Waals surface area contributed by atoms with Crippen LogP contribution in [-0.4, -0.2) is 4.99 Å². The first-order chi connectivity index (χ1) is 8.18. The zero-order valence-electron chi connectivity index (χ0n) is 8.98. The van der Waals surface area contributed by atoms with Gasteiger partial charge in [0, 0.05) is 14.8 Å². The van der Waals surface area contributed by atoms with Gasteiger partial charge in [0.05, 0.1) is 5.69 Å². The zero-order valence-corrected chi connectivity index (χ0v) is 12.0. The Morgan fingerprint density at radius 2 is 1.59 bits per heavy atom. The molecular weight excluding hydrogens is 343 g/mol. The normalized spacial score (nSPS) is 9.94.